The average molecular weight is 458 g/mol. The van der Waals surface area contributed by atoms with Gasteiger partial charge in [0.05, 0.1) is 11.0 Å². The van der Waals surface area contributed by atoms with Gasteiger partial charge in [0.1, 0.15) is 17.3 Å². The highest BCUT2D eigenvalue weighted by Crippen LogP contribution is 2.39. The summed E-state index contributed by atoms with van der Waals surface area (Å²) in [7, 11) is 0. The van der Waals surface area contributed by atoms with Crippen molar-refractivity contribution in [1.82, 2.24) is 9.80 Å². The largest absolute Gasteiger partial charge is 0.481 e. The summed E-state index contributed by atoms with van der Waals surface area (Å²) < 4.78 is 7.11. The average Bonchev–Trinajstić information content (AvgIpc) is 2.85. The molecule has 0 amide bonds. The number of rotatable bonds is 3. The van der Waals surface area contributed by atoms with E-state index in [1.165, 1.54) is 0 Å². The number of carboxylic acid groups (broad SMARTS) is 1. The van der Waals surface area contributed by atoms with Crippen LogP contribution in [0.3, 0.4) is 0 Å². The Hall–Kier alpha value is -2.38. The standard InChI is InChI=1S/C22H24BrN3O3/c1-22(2,21(27)28)14-25-9-11-26(12-10-25)20-16-5-3-4-6-18(16)29-19-8-7-15(23)13-17(19)24-20/h3-8,13H,9-12,14H2,1-2H3,(H,27,28). The maximum atomic E-state index is 11.5. The van der Waals surface area contributed by atoms with E-state index in [2.05, 4.69) is 25.7 Å². The molecule has 2 aromatic rings. The van der Waals surface area contributed by atoms with Crippen LogP contribution in [0.1, 0.15) is 19.4 Å². The van der Waals surface area contributed by atoms with Crippen LogP contribution < -0.4 is 4.74 Å². The highest BCUT2D eigenvalue weighted by Gasteiger charge is 2.32. The van der Waals surface area contributed by atoms with Gasteiger partial charge in [-0.05, 0) is 44.2 Å². The molecular weight excluding hydrogens is 434 g/mol. The molecule has 2 heterocycles. The molecule has 2 aliphatic heterocycles. The van der Waals surface area contributed by atoms with Gasteiger partial charge in [0.15, 0.2) is 5.75 Å². The lowest BCUT2D eigenvalue weighted by Crippen LogP contribution is -2.52. The van der Waals surface area contributed by atoms with Crippen molar-refractivity contribution in [2.24, 2.45) is 10.4 Å². The minimum atomic E-state index is -0.763. The van der Waals surface area contributed by atoms with Crippen LogP contribution in [-0.2, 0) is 4.79 Å². The zero-order chi connectivity index (χ0) is 20.6. The van der Waals surface area contributed by atoms with Crippen molar-refractivity contribution < 1.29 is 14.6 Å². The van der Waals surface area contributed by atoms with Gasteiger partial charge in [-0.3, -0.25) is 9.69 Å². The molecule has 0 aromatic heterocycles. The number of hydrogen-bond acceptors (Lipinski definition) is 5. The van der Waals surface area contributed by atoms with E-state index in [1.807, 2.05) is 42.5 Å². The van der Waals surface area contributed by atoms with Gasteiger partial charge in [-0.15, -0.1) is 0 Å². The molecule has 1 fully saturated rings. The predicted octanol–water partition coefficient (Wildman–Crippen LogP) is 4.36. The second-order valence-corrected chi connectivity index (χ2v) is 9.01. The molecule has 0 radical (unpaired) electrons. The number of halogens is 1. The monoisotopic (exact) mass is 457 g/mol. The molecule has 29 heavy (non-hydrogen) atoms. The third-order valence-corrected chi connectivity index (χ3v) is 5.86. The SMILES string of the molecule is CC(C)(CN1CCN(C2=Nc3cc(Br)ccc3Oc3ccccc32)CC1)C(=O)O. The summed E-state index contributed by atoms with van der Waals surface area (Å²) in [6.07, 6.45) is 0. The minimum Gasteiger partial charge on any atom is -0.481 e. The quantitative estimate of drug-likeness (QED) is 0.741. The zero-order valence-corrected chi connectivity index (χ0v) is 18.1. The lowest BCUT2D eigenvalue weighted by atomic mass is 9.93. The molecule has 0 atom stereocenters. The number of nitrogens with zero attached hydrogens (tertiary/aromatic N) is 3. The second kappa shape index (κ2) is 7.80. The van der Waals surface area contributed by atoms with Crippen molar-refractivity contribution >= 4 is 33.4 Å². The fraction of sp³-hybridized carbons (Fsp3) is 0.364. The van der Waals surface area contributed by atoms with Crippen molar-refractivity contribution in [1.29, 1.82) is 0 Å². The molecule has 1 N–H and O–H groups in total. The summed E-state index contributed by atoms with van der Waals surface area (Å²) in [4.78, 5) is 20.9. The lowest BCUT2D eigenvalue weighted by Gasteiger charge is -2.38. The number of aliphatic carboxylic acids is 1. The van der Waals surface area contributed by atoms with Crippen molar-refractivity contribution in [3.63, 3.8) is 0 Å². The summed E-state index contributed by atoms with van der Waals surface area (Å²) in [5, 5.41) is 9.41. The van der Waals surface area contributed by atoms with Crippen LogP contribution in [0.4, 0.5) is 5.69 Å². The van der Waals surface area contributed by atoms with Gasteiger partial charge in [0, 0.05) is 37.2 Å². The number of carboxylic acids is 1. The van der Waals surface area contributed by atoms with Crippen molar-refractivity contribution in [3.8, 4) is 11.5 Å². The van der Waals surface area contributed by atoms with Crippen molar-refractivity contribution in [2.45, 2.75) is 13.8 Å². The van der Waals surface area contributed by atoms with Crippen molar-refractivity contribution in [3.05, 3.63) is 52.5 Å². The summed E-state index contributed by atoms with van der Waals surface area (Å²) in [5.74, 6) is 1.66. The Kier molecular flexibility index (Phi) is 5.36. The van der Waals surface area contributed by atoms with Crippen LogP contribution >= 0.6 is 15.9 Å². The van der Waals surface area contributed by atoms with E-state index < -0.39 is 11.4 Å². The van der Waals surface area contributed by atoms with E-state index in [0.29, 0.717) is 6.54 Å². The number of benzene rings is 2. The van der Waals surface area contributed by atoms with Crippen LogP contribution in [0, 0.1) is 5.41 Å². The van der Waals surface area contributed by atoms with Gasteiger partial charge >= 0.3 is 5.97 Å². The first-order valence-corrected chi connectivity index (χ1v) is 10.5. The highest BCUT2D eigenvalue weighted by molar-refractivity contribution is 9.10. The Morgan fingerprint density at radius 1 is 1.14 bits per heavy atom. The molecule has 0 aliphatic carbocycles. The molecule has 4 rings (SSSR count). The van der Waals surface area contributed by atoms with Gasteiger partial charge in [-0.1, -0.05) is 28.1 Å². The maximum Gasteiger partial charge on any atom is 0.310 e. The van der Waals surface area contributed by atoms with E-state index in [9.17, 15) is 9.90 Å². The van der Waals surface area contributed by atoms with Crippen LogP contribution in [0.2, 0.25) is 0 Å². The van der Waals surface area contributed by atoms with Gasteiger partial charge in [-0.2, -0.15) is 0 Å². The summed E-state index contributed by atoms with van der Waals surface area (Å²) >= 11 is 3.52. The number of aliphatic imine (C=N–C) groups is 1. The Bertz CT molecular complexity index is 966. The molecule has 152 valence electrons. The van der Waals surface area contributed by atoms with Crippen LogP contribution in [0.25, 0.3) is 0 Å². The molecule has 0 bridgehead atoms. The van der Waals surface area contributed by atoms with Crippen LogP contribution in [0.5, 0.6) is 11.5 Å². The first-order valence-electron chi connectivity index (χ1n) is 9.70. The third kappa shape index (κ3) is 4.16. The van der Waals surface area contributed by atoms with Gasteiger partial charge in [0.25, 0.3) is 0 Å². The van der Waals surface area contributed by atoms with E-state index in [0.717, 1.165) is 59.2 Å². The Balaban J connectivity index is 1.60. The molecular formula is C22H24BrN3O3. The Labute approximate surface area is 178 Å². The van der Waals surface area contributed by atoms with Gasteiger partial charge < -0.3 is 14.7 Å². The van der Waals surface area contributed by atoms with Crippen LogP contribution in [-0.4, -0.2) is 59.4 Å². The predicted molar refractivity (Wildman–Crippen MR) is 116 cm³/mol. The molecule has 0 unspecified atom stereocenters. The van der Waals surface area contributed by atoms with Crippen LogP contribution in [0.15, 0.2) is 51.9 Å². The summed E-state index contributed by atoms with van der Waals surface area (Å²) in [6.45, 7) is 7.25. The van der Waals surface area contributed by atoms with E-state index in [-0.39, 0.29) is 0 Å². The Morgan fingerprint density at radius 3 is 2.59 bits per heavy atom. The van der Waals surface area contributed by atoms with Gasteiger partial charge in [0.2, 0.25) is 0 Å². The number of piperazine rings is 1. The number of amidine groups is 1. The lowest BCUT2D eigenvalue weighted by molar-refractivity contribution is -0.148. The van der Waals surface area contributed by atoms with E-state index in [4.69, 9.17) is 9.73 Å². The third-order valence-electron chi connectivity index (χ3n) is 5.36. The number of hydrogen-bond donors (Lipinski definition) is 1. The van der Waals surface area contributed by atoms with E-state index >= 15 is 0 Å². The number of fused-ring (bicyclic) bond motifs is 2. The molecule has 2 aromatic carbocycles. The summed E-state index contributed by atoms with van der Waals surface area (Å²) in [6, 6.07) is 13.8. The molecule has 0 saturated carbocycles. The zero-order valence-electron chi connectivity index (χ0n) is 16.6. The minimum absolute atomic E-state index is 0.540. The van der Waals surface area contributed by atoms with Crippen molar-refractivity contribution in [2.75, 3.05) is 32.7 Å². The maximum absolute atomic E-state index is 11.5. The first-order chi connectivity index (χ1) is 13.8. The Morgan fingerprint density at radius 2 is 1.86 bits per heavy atom. The normalized spacial score (nSPS) is 16.9. The fourth-order valence-corrected chi connectivity index (χ4v) is 4.03. The summed E-state index contributed by atoms with van der Waals surface area (Å²) in [5.41, 5.74) is 1.01. The number of para-hydroxylation sites is 1. The molecule has 6 nitrogen and oxygen atoms in total. The number of ether oxygens (including phenoxy) is 1. The first kappa shape index (κ1) is 19.9. The second-order valence-electron chi connectivity index (χ2n) is 8.10. The molecule has 7 heteroatoms. The highest BCUT2D eigenvalue weighted by atomic mass is 79.9. The smallest absolute Gasteiger partial charge is 0.310 e. The fourth-order valence-electron chi connectivity index (χ4n) is 3.68. The number of carbonyl (C=O) groups is 1. The van der Waals surface area contributed by atoms with Gasteiger partial charge in [-0.25, -0.2) is 4.99 Å². The molecule has 1 saturated heterocycles. The van der Waals surface area contributed by atoms with E-state index in [1.54, 1.807) is 13.8 Å². The molecule has 2 aliphatic rings. The topological polar surface area (TPSA) is 65.4 Å². The molecule has 0 spiro atoms.